The lowest BCUT2D eigenvalue weighted by molar-refractivity contribution is -0.123. The minimum atomic E-state index is -0.300. The fourth-order valence-corrected chi connectivity index (χ4v) is 2.62. The third-order valence-electron chi connectivity index (χ3n) is 3.71. The van der Waals surface area contributed by atoms with E-state index < -0.39 is 0 Å². The van der Waals surface area contributed by atoms with E-state index >= 15 is 0 Å². The molecular formula is C15H23N3O. The number of hydrogen-bond acceptors (Lipinski definition) is 3. The molecule has 4 nitrogen and oxygen atoms in total. The van der Waals surface area contributed by atoms with Crippen LogP contribution in [0.1, 0.15) is 30.5 Å². The Bertz CT molecular complexity index is 408. The number of amides is 1. The highest BCUT2D eigenvalue weighted by molar-refractivity contribution is 5.81. The summed E-state index contributed by atoms with van der Waals surface area (Å²) in [4.78, 5) is 14.0. The fourth-order valence-electron chi connectivity index (χ4n) is 2.62. The number of nitrogens with one attached hydrogen (secondary N) is 1. The number of carbonyl (C=O) groups excluding carboxylic acids is 1. The van der Waals surface area contributed by atoms with Crippen LogP contribution in [-0.4, -0.2) is 37.0 Å². The van der Waals surface area contributed by atoms with Crippen molar-refractivity contribution in [1.82, 2.24) is 10.2 Å². The van der Waals surface area contributed by atoms with Crippen LogP contribution in [0.15, 0.2) is 24.3 Å². The molecule has 19 heavy (non-hydrogen) atoms. The van der Waals surface area contributed by atoms with Gasteiger partial charge in [0.25, 0.3) is 0 Å². The van der Waals surface area contributed by atoms with E-state index in [4.69, 9.17) is 5.73 Å². The van der Waals surface area contributed by atoms with Gasteiger partial charge in [-0.3, -0.25) is 9.69 Å². The highest BCUT2D eigenvalue weighted by atomic mass is 16.1. The Labute approximate surface area is 115 Å². The maximum absolute atomic E-state index is 11.8. The number of nitrogens with zero attached hydrogens (tertiary/aromatic N) is 1. The molecule has 1 aromatic carbocycles. The number of aryl methyl sites for hydroxylation is 1. The van der Waals surface area contributed by atoms with E-state index in [2.05, 4.69) is 29.3 Å². The normalized spacial score (nSPS) is 18.8. The Morgan fingerprint density at radius 2 is 2.05 bits per heavy atom. The van der Waals surface area contributed by atoms with Crippen molar-refractivity contribution in [3.05, 3.63) is 35.4 Å². The summed E-state index contributed by atoms with van der Waals surface area (Å²) in [7, 11) is 0. The molecule has 1 aromatic rings. The molecule has 1 saturated heterocycles. The van der Waals surface area contributed by atoms with E-state index in [1.807, 2.05) is 12.1 Å². The lowest BCUT2D eigenvalue weighted by atomic mass is 10.0. The maximum Gasteiger partial charge on any atom is 0.239 e. The lowest BCUT2D eigenvalue weighted by Crippen LogP contribution is -2.39. The molecule has 3 N–H and O–H groups in total. The molecule has 0 aromatic heterocycles. The molecule has 2 rings (SSSR count). The number of nitrogens with two attached hydrogens (primary N) is 1. The first kappa shape index (κ1) is 14.0. The van der Waals surface area contributed by atoms with Gasteiger partial charge in [-0.05, 0) is 30.5 Å². The van der Waals surface area contributed by atoms with Crippen LogP contribution in [-0.2, 0) is 11.2 Å². The van der Waals surface area contributed by atoms with Gasteiger partial charge in [0.15, 0.2) is 0 Å². The van der Waals surface area contributed by atoms with Crippen molar-refractivity contribution in [2.45, 2.75) is 25.8 Å². The van der Waals surface area contributed by atoms with Crippen LogP contribution >= 0.6 is 0 Å². The maximum atomic E-state index is 11.8. The second-order valence-corrected chi connectivity index (χ2v) is 5.04. The van der Waals surface area contributed by atoms with Crippen LogP contribution in [0.25, 0.3) is 0 Å². The van der Waals surface area contributed by atoms with Gasteiger partial charge in [-0.2, -0.15) is 0 Å². The zero-order valence-corrected chi connectivity index (χ0v) is 11.6. The molecule has 1 unspecified atom stereocenters. The van der Waals surface area contributed by atoms with Crippen LogP contribution in [0.3, 0.4) is 0 Å². The Hall–Kier alpha value is -1.39. The van der Waals surface area contributed by atoms with E-state index in [1.165, 1.54) is 5.56 Å². The first-order chi connectivity index (χ1) is 9.22. The molecule has 0 bridgehead atoms. The molecule has 1 heterocycles. The van der Waals surface area contributed by atoms with Crippen LogP contribution in [0.4, 0.5) is 0 Å². The second kappa shape index (κ2) is 6.68. The van der Waals surface area contributed by atoms with Gasteiger partial charge >= 0.3 is 0 Å². The van der Waals surface area contributed by atoms with Crippen molar-refractivity contribution in [3.63, 3.8) is 0 Å². The van der Waals surface area contributed by atoms with Crippen molar-refractivity contribution < 1.29 is 4.79 Å². The number of primary amides is 1. The van der Waals surface area contributed by atoms with E-state index in [-0.39, 0.29) is 11.9 Å². The van der Waals surface area contributed by atoms with Crippen molar-refractivity contribution in [1.29, 1.82) is 0 Å². The van der Waals surface area contributed by atoms with Gasteiger partial charge < -0.3 is 11.1 Å². The van der Waals surface area contributed by atoms with Gasteiger partial charge in [0.1, 0.15) is 6.04 Å². The minimum Gasteiger partial charge on any atom is -0.368 e. The molecule has 1 atom stereocenters. The predicted octanol–water partition coefficient (Wildman–Crippen LogP) is 1.07. The summed E-state index contributed by atoms with van der Waals surface area (Å²) < 4.78 is 0. The molecule has 104 valence electrons. The van der Waals surface area contributed by atoms with Crippen molar-refractivity contribution in [2.75, 3.05) is 26.2 Å². The van der Waals surface area contributed by atoms with Gasteiger partial charge in [-0.1, -0.05) is 31.2 Å². The summed E-state index contributed by atoms with van der Waals surface area (Å²) in [5, 5.41) is 3.35. The minimum absolute atomic E-state index is 0.258. The molecule has 1 amide bonds. The van der Waals surface area contributed by atoms with Gasteiger partial charge in [-0.25, -0.2) is 0 Å². The zero-order valence-electron chi connectivity index (χ0n) is 11.6. The number of benzene rings is 1. The van der Waals surface area contributed by atoms with Crippen LogP contribution < -0.4 is 11.1 Å². The molecule has 0 spiro atoms. The average molecular weight is 261 g/mol. The number of hydrogen-bond donors (Lipinski definition) is 2. The molecule has 1 aliphatic rings. The fraction of sp³-hybridized carbons (Fsp3) is 0.533. The standard InChI is InChI=1S/C15H23N3O/c1-2-12-4-6-13(7-5-12)14(15(16)19)18-10-3-8-17-9-11-18/h4-7,14,17H,2-3,8-11H2,1H3,(H2,16,19). The molecule has 4 heteroatoms. The third-order valence-corrected chi connectivity index (χ3v) is 3.71. The monoisotopic (exact) mass is 261 g/mol. The zero-order chi connectivity index (χ0) is 13.7. The first-order valence-corrected chi connectivity index (χ1v) is 7.05. The summed E-state index contributed by atoms with van der Waals surface area (Å²) >= 11 is 0. The van der Waals surface area contributed by atoms with Gasteiger partial charge in [0, 0.05) is 19.6 Å². The van der Waals surface area contributed by atoms with Crippen molar-refractivity contribution >= 4 is 5.91 Å². The van der Waals surface area contributed by atoms with E-state index in [9.17, 15) is 4.79 Å². The third kappa shape index (κ3) is 3.55. The lowest BCUT2D eigenvalue weighted by Gasteiger charge is -2.28. The van der Waals surface area contributed by atoms with Crippen molar-refractivity contribution in [3.8, 4) is 0 Å². The van der Waals surface area contributed by atoms with Gasteiger partial charge in [0.05, 0.1) is 0 Å². The topological polar surface area (TPSA) is 58.4 Å². The summed E-state index contributed by atoms with van der Waals surface area (Å²) in [5.41, 5.74) is 7.91. The molecule has 0 aliphatic carbocycles. The van der Waals surface area contributed by atoms with Gasteiger partial charge in [-0.15, -0.1) is 0 Å². The highest BCUT2D eigenvalue weighted by Gasteiger charge is 2.25. The summed E-state index contributed by atoms with van der Waals surface area (Å²) in [5.74, 6) is -0.258. The molecule has 1 aliphatic heterocycles. The average Bonchev–Trinajstić information content (AvgIpc) is 2.68. The van der Waals surface area contributed by atoms with Crippen LogP contribution in [0.2, 0.25) is 0 Å². The quantitative estimate of drug-likeness (QED) is 0.852. The number of carbonyl (C=O) groups is 1. The smallest absolute Gasteiger partial charge is 0.239 e. The molecular weight excluding hydrogens is 238 g/mol. The van der Waals surface area contributed by atoms with Crippen molar-refractivity contribution in [2.24, 2.45) is 5.73 Å². The summed E-state index contributed by atoms with van der Waals surface area (Å²) in [6, 6.07) is 7.94. The molecule has 0 radical (unpaired) electrons. The Kier molecular flexibility index (Phi) is 4.93. The Morgan fingerprint density at radius 1 is 1.32 bits per heavy atom. The predicted molar refractivity (Wildman–Crippen MR) is 76.8 cm³/mol. The Balaban J connectivity index is 2.20. The largest absolute Gasteiger partial charge is 0.368 e. The van der Waals surface area contributed by atoms with E-state index in [0.29, 0.717) is 0 Å². The Morgan fingerprint density at radius 3 is 2.68 bits per heavy atom. The molecule has 0 saturated carbocycles. The molecule has 1 fully saturated rings. The SMILES string of the molecule is CCc1ccc(C(C(N)=O)N2CCCNCC2)cc1. The summed E-state index contributed by atoms with van der Waals surface area (Å²) in [6.07, 6.45) is 2.06. The van der Waals surface area contributed by atoms with E-state index in [1.54, 1.807) is 0 Å². The van der Waals surface area contributed by atoms with Crippen LogP contribution in [0, 0.1) is 0 Å². The first-order valence-electron chi connectivity index (χ1n) is 7.05. The number of rotatable bonds is 4. The van der Waals surface area contributed by atoms with Crippen LogP contribution in [0.5, 0.6) is 0 Å². The second-order valence-electron chi connectivity index (χ2n) is 5.04. The van der Waals surface area contributed by atoms with E-state index in [0.717, 1.165) is 44.6 Å². The van der Waals surface area contributed by atoms with Gasteiger partial charge in [0.2, 0.25) is 5.91 Å². The summed E-state index contributed by atoms with van der Waals surface area (Å²) in [6.45, 7) is 5.83. The highest BCUT2D eigenvalue weighted by Crippen LogP contribution is 2.21.